The smallest absolute Gasteiger partial charge is 0.273 e. The first-order valence-corrected chi connectivity index (χ1v) is 7.72. The molecule has 0 unspecified atom stereocenters. The van der Waals surface area contributed by atoms with E-state index in [0.717, 1.165) is 39.3 Å². The Morgan fingerprint density at radius 1 is 1.42 bits per heavy atom. The zero-order chi connectivity index (χ0) is 13.2. The van der Waals surface area contributed by atoms with Gasteiger partial charge in [-0.15, -0.1) is 11.3 Å². The predicted octanol–water partition coefficient (Wildman–Crippen LogP) is 1.08. The van der Waals surface area contributed by atoms with Crippen molar-refractivity contribution >= 4 is 17.2 Å². The molecule has 0 spiro atoms. The fourth-order valence-corrected chi connectivity index (χ4v) is 3.60. The third kappa shape index (κ3) is 2.52. The fourth-order valence-electron chi connectivity index (χ4n) is 3.07. The van der Waals surface area contributed by atoms with Crippen molar-refractivity contribution in [3.8, 4) is 0 Å². The van der Waals surface area contributed by atoms with Gasteiger partial charge in [0, 0.05) is 37.1 Å². The van der Waals surface area contributed by atoms with Crippen LogP contribution in [0.15, 0.2) is 10.9 Å². The maximum Gasteiger partial charge on any atom is 0.273 e. The molecule has 0 saturated carbocycles. The quantitative estimate of drug-likeness (QED) is 0.814. The van der Waals surface area contributed by atoms with Crippen LogP contribution in [0, 0.1) is 0 Å². The number of carbonyl (C=O) groups excluding carboxylic acids is 1. The number of rotatable bonds is 2. The summed E-state index contributed by atoms with van der Waals surface area (Å²) in [4.78, 5) is 20.9. The van der Waals surface area contributed by atoms with Crippen LogP contribution in [0.5, 0.6) is 0 Å². The molecule has 0 aromatic carbocycles. The van der Waals surface area contributed by atoms with Gasteiger partial charge in [-0.3, -0.25) is 9.69 Å². The van der Waals surface area contributed by atoms with Crippen LogP contribution >= 0.6 is 11.3 Å². The Labute approximate surface area is 117 Å². The Balaban J connectivity index is 1.67. The lowest BCUT2D eigenvalue weighted by molar-refractivity contribution is 0.0104. The van der Waals surface area contributed by atoms with Crippen molar-refractivity contribution in [3.63, 3.8) is 0 Å². The first-order valence-electron chi connectivity index (χ1n) is 6.78. The average molecular weight is 281 g/mol. The molecular formula is C13H19N3O2S. The van der Waals surface area contributed by atoms with Crippen LogP contribution in [0.25, 0.3) is 0 Å². The minimum absolute atomic E-state index is 0.0736. The summed E-state index contributed by atoms with van der Waals surface area (Å²) in [5.74, 6) is 0.0736. The molecule has 0 bridgehead atoms. The maximum atomic E-state index is 12.4. The van der Waals surface area contributed by atoms with Gasteiger partial charge in [0.15, 0.2) is 0 Å². The molecule has 1 amide bonds. The van der Waals surface area contributed by atoms with E-state index in [-0.39, 0.29) is 11.9 Å². The van der Waals surface area contributed by atoms with E-state index in [1.54, 1.807) is 5.51 Å². The molecule has 2 aliphatic heterocycles. The highest BCUT2D eigenvalue weighted by molar-refractivity contribution is 7.07. The molecule has 1 aromatic rings. The minimum Gasteiger partial charge on any atom is -0.379 e. The molecule has 3 rings (SSSR count). The molecule has 2 atom stereocenters. The van der Waals surface area contributed by atoms with E-state index in [0.29, 0.717) is 11.7 Å². The summed E-state index contributed by atoms with van der Waals surface area (Å²) >= 11 is 1.47. The summed E-state index contributed by atoms with van der Waals surface area (Å²) in [5.41, 5.74) is 2.30. The van der Waals surface area contributed by atoms with Crippen LogP contribution in [-0.2, 0) is 4.74 Å². The molecule has 104 valence electrons. The van der Waals surface area contributed by atoms with Gasteiger partial charge < -0.3 is 9.64 Å². The summed E-state index contributed by atoms with van der Waals surface area (Å²) in [6.45, 7) is 6.56. The summed E-state index contributed by atoms with van der Waals surface area (Å²) in [7, 11) is 0. The molecule has 0 aliphatic carbocycles. The van der Waals surface area contributed by atoms with Gasteiger partial charge in [-0.25, -0.2) is 4.98 Å². The summed E-state index contributed by atoms with van der Waals surface area (Å²) in [6.07, 6.45) is 1.05. The van der Waals surface area contributed by atoms with Crippen LogP contribution in [0.3, 0.4) is 0 Å². The molecule has 3 heterocycles. The van der Waals surface area contributed by atoms with Crippen LogP contribution in [0.4, 0.5) is 0 Å². The fraction of sp³-hybridized carbons (Fsp3) is 0.692. The van der Waals surface area contributed by atoms with Crippen molar-refractivity contribution in [2.45, 2.75) is 25.4 Å². The van der Waals surface area contributed by atoms with E-state index in [1.807, 2.05) is 10.3 Å². The van der Waals surface area contributed by atoms with Crippen molar-refractivity contribution in [2.24, 2.45) is 0 Å². The van der Waals surface area contributed by atoms with E-state index < -0.39 is 0 Å². The zero-order valence-electron chi connectivity index (χ0n) is 11.1. The number of nitrogens with zero attached hydrogens (tertiary/aromatic N) is 3. The van der Waals surface area contributed by atoms with Gasteiger partial charge in [0.05, 0.1) is 18.7 Å². The van der Waals surface area contributed by atoms with Crippen molar-refractivity contribution in [1.82, 2.24) is 14.8 Å². The molecule has 0 radical (unpaired) electrons. The molecule has 0 N–H and O–H groups in total. The zero-order valence-corrected chi connectivity index (χ0v) is 11.9. The van der Waals surface area contributed by atoms with Crippen molar-refractivity contribution in [3.05, 3.63) is 16.6 Å². The first-order chi connectivity index (χ1) is 9.27. The molecule has 1 aromatic heterocycles. The monoisotopic (exact) mass is 281 g/mol. The number of hydrogen-bond donors (Lipinski definition) is 0. The van der Waals surface area contributed by atoms with E-state index in [2.05, 4.69) is 16.8 Å². The SMILES string of the molecule is C[C@@H]1[C@H](N2CCOCC2)CCN1C(=O)c1cscn1. The topological polar surface area (TPSA) is 45.7 Å². The number of morpholine rings is 1. The summed E-state index contributed by atoms with van der Waals surface area (Å²) < 4.78 is 5.40. The maximum absolute atomic E-state index is 12.4. The van der Waals surface area contributed by atoms with E-state index >= 15 is 0 Å². The van der Waals surface area contributed by atoms with Crippen molar-refractivity contribution in [1.29, 1.82) is 0 Å². The second kappa shape index (κ2) is 5.56. The Bertz CT molecular complexity index is 431. The highest BCUT2D eigenvalue weighted by atomic mass is 32.1. The molecular weight excluding hydrogens is 262 g/mol. The molecule has 5 nitrogen and oxygen atoms in total. The van der Waals surface area contributed by atoms with Crippen LogP contribution in [-0.4, -0.2) is 65.6 Å². The van der Waals surface area contributed by atoms with Gasteiger partial charge >= 0.3 is 0 Å². The summed E-state index contributed by atoms with van der Waals surface area (Å²) in [6, 6.07) is 0.721. The molecule has 2 fully saturated rings. The second-order valence-corrected chi connectivity index (χ2v) is 5.84. The standard InChI is InChI=1S/C13H19N3O2S/c1-10-12(15-4-6-18-7-5-15)2-3-16(10)13(17)11-8-19-9-14-11/h8-10,12H,2-7H2,1H3/t10-,12-/m1/s1. The average Bonchev–Trinajstić information content (AvgIpc) is 3.08. The number of carbonyl (C=O) groups is 1. The third-order valence-electron chi connectivity index (χ3n) is 4.14. The second-order valence-electron chi connectivity index (χ2n) is 5.12. The van der Waals surface area contributed by atoms with Crippen molar-refractivity contribution in [2.75, 3.05) is 32.8 Å². The first kappa shape index (κ1) is 13.0. The number of amides is 1. The van der Waals surface area contributed by atoms with E-state index in [1.165, 1.54) is 11.3 Å². The van der Waals surface area contributed by atoms with E-state index in [4.69, 9.17) is 4.74 Å². The lowest BCUT2D eigenvalue weighted by Gasteiger charge is -2.35. The Hall–Kier alpha value is -0.980. The van der Waals surface area contributed by atoms with Crippen LogP contribution in [0.2, 0.25) is 0 Å². The van der Waals surface area contributed by atoms with Crippen LogP contribution in [0.1, 0.15) is 23.8 Å². The van der Waals surface area contributed by atoms with Crippen LogP contribution < -0.4 is 0 Å². The molecule has 6 heteroatoms. The Morgan fingerprint density at radius 3 is 2.89 bits per heavy atom. The predicted molar refractivity (Wildman–Crippen MR) is 73.4 cm³/mol. The molecule has 2 saturated heterocycles. The van der Waals surface area contributed by atoms with Gasteiger partial charge in [-0.05, 0) is 13.3 Å². The van der Waals surface area contributed by atoms with E-state index in [9.17, 15) is 4.79 Å². The number of likely N-dealkylation sites (tertiary alicyclic amines) is 1. The number of aromatic nitrogens is 1. The molecule has 2 aliphatic rings. The van der Waals surface area contributed by atoms with Gasteiger partial charge in [-0.1, -0.05) is 0 Å². The highest BCUT2D eigenvalue weighted by Gasteiger charge is 2.38. The Kier molecular flexibility index (Phi) is 3.81. The normalized spacial score (nSPS) is 28.8. The number of thiazole rings is 1. The largest absolute Gasteiger partial charge is 0.379 e. The summed E-state index contributed by atoms with van der Waals surface area (Å²) in [5, 5.41) is 1.83. The molecule has 19 heavy (non-hydrogen) atoms. The van der Waals surface area contributed by atoms with Gasteiger partial charge in [0.1, 0.15) is 5.69 Å². The van der Waals surface area contributed by atoms with Gasteiger partial charge in [-0.2, -0.15) is 0 Å². The van der Waals surface area contributed by atoms with Crippen molar-refractivity contribution < 1.29 is 9.53 Å². The number of hydrogen-bond acceptors (Lipinski definition) is 5. The van der Waals surface area contributed by atoms with Gasteiger partial charge in [0.25, 0.3) is 5.91 Å². The Morgan fingerprint density at radius 2 is 2.21 bits per heavy atom. The lowest BCUT2D eigenvalue weighted by Crippen LogP contribution is -2.49. The van der Waals surface area contributed by atoms with Gasteiger partial charge in [0.2, 0.25) is 0 Å². The highest BCUT2D eigenvalue weighted by Crippen LogP contribution is 2.25. The third-order valence-corrected chi connectivity index (χ3v) is 4.73. The minimum atomic E-state index is 0.0736. The number of ether oxygens (including phenoxy) is 1. The lowest BCUT2D eigenvalue weighted by atomic mass is 10.1.